The smallest absolute Gasteiger partial charge is 0.395 e. The molecule has 0 saturated heterocycles. The van der Waals surface area contributed by atoms with Crippen molar-refractivity contribution in [1.82, 2.24) is 5.32 Å². The second kappa shape index (κ2) is 9.18. The molecule has 0 bridgehead atoms. The van der Waals surface area contributed by atoms with Crippen molar-refractivity contribution < 1.29 is 37.6 Å². The highest BCUT2D eigenvalue weighted by Gasteiger charge is 2.40. The average molecular weight is 321 g/mol. The van der Waals surface area contributed by atoms with Gasteiger partial charge in [-0.3, -0.25) is 9.09 Å². The molecule has 9 nitrogen and oxygen atoms in total. The molecule has 0 rings (SSSR count). The zero-order valence-electron chi connectivity index (χ0n) is 10.9. The zero-order valence-corrected chi connectivity index (χ0v) is 12.7. The number of aliphatic hydroxyl groups excluding tert-OH is 1. The predicted molar refractivity (Wildman–Crippen MR) is 67.7 cm³/mol. The molecule has 0 aliphatic rings. The van der Waals surface area contributed by atoms with Crippen LogP contribution in [-0.2, 0) is 22.7 Å². The summed E-state index contributed by atoms with van der Waals surface area (Å²) in [6, 6.07) is 0. The lowest BCUT2D eigenvalue weighted by atomic mass is 10.6. The summed E-state index contributed by atoms with van der Waals surface area (Å²) in [6.45, 7) is 3.00. The molecule has 11 heteroatoms. The van der Waals surface area contributed by atoms with E-state index in [1.807, 2.05) is 0 Å². The molecule has 0 spiro atoms. The Morgan fingerprint density at radius 2 is 1.68 bits per heavy atom. The van der Waals surface area contributed by atoms with Crippen LogP contribution in [0.1, 0.15) is 13.8 Å². The first-order chi connectivity index (χ1) is 8.79. The molecule has 0 aliphatic carbocycles. The molecule has 1 unspecified atom stereocenters. The maximum absolute atomic E-state index is 12.4. The Balaban J connectivity index is 4.93. The van der Waals surface area contributed by atoms with Gasteiger partial charge in [-0.05, 0) is 13.8 Å². The van der Waals surface area contributed by atoms with Gasteiger partial charge in [-0.1, -0.05) is 0 Å². The number of hydrogen-bond acceptors (Lipinski definition) is 7. The normalized spacial score (nSPS) is 14.6. The van der Waals surface area contributed by atoms with Crippen molar-refractivity contribution in [2.45, 2.75) is 19.7 Å². The van der Waals surface area contributed by atoms with Gasteiger partial charge in [-0.15, -0.1) is 0 Å². The van der Waals surface area contributed by atoms with E-state index in [1.54, 1.807) is 13.8 Å². The Kier molecular flexibility index (Phi) is 9.26. The fourth-order valence-corrected chi connectivity index (χ4v) is 3.93. The average Bonchev–Trinajstić information content (AvgIpc) is 2.27. The Morgan fingerprint density at radius 3 is 2.05 bits per heavy atom. The molecule has 19 heavy (non-hydrogen) atoms. The molecule has 0 fully saturated rings. The molecule has 1 atom stereocenters. The van der Waals surface area contributed by atoms with E-state index in [1.165, 1.54) is 0 Å². The fourth-order valence-electron chi connectivity index (χ4n) is 1.23. The Labute approximate surface area is 112 Å². The number of aliphatic hydroxyl groups is 1. The molecule has 0 aromatic carbocycles. The monoisotopic (exact) mass is 321 g/mol. The van der Waals surface area contributed by atoms with Gasteiger partial charge in [0.25, 0.3) is 0 Å². The van der Waals surface area contributed by atoms with Crippen LogP contribution in [0.3, 0.4) is 0 Å². The van der Waals surface area contributed by atoms with Gasteiger partial charge in [0, 0.05) is 13.1 Å². The summed E-state index contributed by atoms with van der Waals surface area (Å²) in [7, 11) is -8.67. The molecule has 0 aromatic rings. The topological polar surface area (TPSA) is 135 Å². The number of phosphoric acid groups is 1. The third-order valence-corrected chi connectivity index (χ3v) is 4.76. The highest BCUT2D eigenvalue weighted by Crippen LogP contribution is 2.57. The van der Waals surface area contributed by atoms with E-state index in [9.17, 15) is 9.13 Å². The van der Waals surface area contributed by atoms with Crippen molar-refractivity contribution in [3.8, 4) is 0 Å². The zero-order chi connectivity index (χ0) is 14.9. The lowest BCUT2D eigenvalue weighted by molar-refractivity contribution is 0.126. The molecule has 4 N–H and O–H groups in total. The molecule has 0 radical (unpaired) electrons. The van der Waals surface area contributed by atoms with Crippen molar-refractivity contribution in [2.75, 3.05) is 32.9 Å². The molecule has 0 aromatic heterocycles. The highest BCUT2D eigenvalue weighted by molar-refractivity contribution is 7.55. The van der Waals surface area contributed by atoms with Crippen molar-refractivity contribution >= 4 is 15.4 Å². The first kappa shape index (κ1) is 19.2. The Bertz CT molecular complexity index is 323. The van der Waals surface area contributed by atoms with E-state index >= 15 is 0 Å². The predicted octanol–water partition coefficient (Wildman–Crippen LogP) is 0.270. The summed E-state index contributed by atoms with van der Waals surface area (Å²) >= 11 is 0. The van der Waals surface area contributed by atoms with E-state index in [4.69, 9.17) is 23.9 Å². The van der Waals surface area contributed by atoms with E-state index in [0.717, 1.165) is 0 Å². The van der Waals surface area contributed by atoms with Crippen LogP contribution >= 0.6 is 15.4 Å². The largest absolute Gasteiger partial charge is 0.470 e. The lowest BCUT2D eigenvalue weighted by Crippen LogP contribution is -2.31. The van der Waals surface area contributed by atoms with E-state index in [0.29, 0.717) is 0 Å². The van der Waals surface area contributed by atoms with Gasteiger partial charge in [0.05, 0.1) is 19.8 Å². The number of hydrogen-bond donors (Lipinski definition) is 4. The molecule has 0 heterocycles. The fraction of sp³-hybridized carbons (Fsp3) is 1.00. The van der Waals surface area contributed by atoms with Crippen LogP contribution in [0.2, 0.25) is 0 Å². The molecule has 0 amide bonds. The maximum Gasteiger partial charge on any atom is 0.470 e. The minimum Gasteiger partial charge on any atom is -0.395 e. The molecule has 0 saturated carbocycles. The van der Waals surface area contributed by atoms with Crippen molar-refractivity contribution in [2.24, 2.45) is 0 Å². The van der Waals surface area contributed by atoms with Gasteiger partial charge < -0.3 is 29.3 Å². The summed E-state index contributed by atoms with van der Waals surface area (Å²) < 4.78 is 37.7. The van der Waals surface area contributed by atoms with E-state index in [-0.39, 0.29) is 32.9 Å². The quantitative estimate of drug-likeness (QED) is 0.312. The third-order valence-electron chi connectivity index (χ3n) is 1.84. The lowest BCUT2D eigenvalue weighted by Gasteiger charge is -2.26. The van der Waals surface area contributed by atoms with E-state index < -0.39 is 21.3 Å². The first-order valence-corrected chi connectivity index (χ1v) is 8.87. The van der Waals surface area contributed by atoms with Crippen LogP contribution < -0.4 is 5.32 Å². The van der Waals surface area contributed by atoms with Crippen LogP contribution in [0.25, 0.3) is 0 Å². The van der Waals surface area contributed by atoms with Gasteiger partial charge >= 0.3 is 15.4 Å². The summed E-state index contributed by atoms with van der Waals surface area (Å²) in [4.78, 5) is 17.6. The SMILES string of the molecule is CCOP(=O)(OCC)C(CNCCO)OP(=O)(O)O. The second-order valence-electron chi connectivity index (χ2n) is 3.35. The Hall–Kier alpha value is 0.180. The van der Waals surface area contributed by atoms with Crippen LogP contribution in [0.4, 0.5) is 0 Å². The van der Waals surface area contributed by atoms with Gasteiger partial charge in [-0.25, -0.2) is 4.57 Å². The minimum atomic E-state index is -4.85. The minimum absolute atomic E-state index is 0.0400. The second-order valence-corrected chi connectivity index (χ2v) is 6.72. The van der Waals surface area contributed by atoms with Gasteiger partial charge in [0.2, 0.25) is 0 Å². The van der Waals surface area contributed by atoms with Gasteiger partial charge in [-0.2, -0.15) is 0 Å². The van der Waals surface area contributed by atoms with Crippen LogP contribution in [0.5, 0.6) is 0 Å². The standard InChI is InChI=1S/C8H21NO8P2/c1-3-15-18(11,16-4-2)8(7-9-5-6-10)17-19(12,13)14/h8-10H,3-7H2,1-2H3,(H2,12,13,14). The molecular formula is C8H21NO8P2. The van der Waals surface area contributed by atoms with Crippen molar-refractivity contribution in [3.63, 3.8) is 0 Å². The number of nitrogens with one attached hydrogen (secondary N) is 1. The van der Waals surface area contributed by atoms with Crippen LogP contribution in [0.15, 0.2) is 0 Å². The summed E-state index contributed by atoms with van der Waals surface area (Å²) in [5.41, 5.74) is 0. The summed E-state index contributed by atoms with van der Waals surface area (Å²) in [5, 5.41) is 11.3. The van der Waals surface area contributed by atoms with Crippen molar-refractivity contribution in [3.05, 3.63) is 0 Å². The molecule has 0 aliphatic heterocycles. The van der Waals surface area contributed by atoms with Crippen LogP contribution in [-0.4, -0.2) is 53.6 Å². The molecule has 116 valence electrons. The van der Waals surface area contributed by atoms with E-state index in [2.05, 4.69) is 9.84 Å². The third kappa shape index (κ3) is 8.14. The van der Waals surface area contributed by atoms with Crippen LogP contribution in [0, 0.1) is 0 Å². The summed E-state index contributed by atoms with van der Waals surface area (Å²) in [5.74, 6) is -1.46. The number of rotatable bonds is 11. The van der Waals surface area contributed by atoms with Gasteiger partial charge in [0.15, 0.2) is 5.85 Å². The van der Waals surface area contributed by atoms with Crippen molar-refractivity contribution in [1.29, 1.82) is 0 Å². The van der Waals surface area contributed by atoms with Gasteiger partial charge in [0.1, 0.15) is 0 Å². The summed E-state index contributed by atoms with van der Waals surface area (Å²) in [6.07, 6.45) is 0. The Morgan fingerprint density at radius 1 is 1.16 bits per heavy atom. The number of phosphoric ester groups is 1. The highest BCUT2D eigenvalue weighted by atomic mass is 31.2. The maximum atomic E-state index is 12.4. The first-order valence-electron chi connectivity index (χ1n) is 5.73. The molecular weight excluding hydrogens is 300 g/mol.